The predicted molar refractivity (Wildman–Crippen MR) is 111 cm³/mol. The summed E-state index contributed by atoms with van der Waals surface area (Å²) in [5, 5.41) is 6.37. The molecular weight excluding hydrogens is 350 g/mol. The van der Waals surface area contributed by atoms with Gasteiger partial charge in [0.2, 0.25) is 5.91 Å². The molecule has 28 heavy (non-hydrogen) atoms. The van der Waals surface area contributed by atoms with Gasteiger partial charge in [0, 0.05) is 57.7 Å². The SMILES string of the molecule is CN(C)c1ccc(C(NCc2ccncc2)C(=O)NCc2cccnc2)cc1. The molecule has 6 heteroatoms. The number of nitrogens with one attached hydrogen (secondary N) is 2. The Bertz CT molecular complexity index is 866. The lowest BCUT2D eigenvalue weighted by atomic mass is 10.0. The van der Waals surface area contributed by atoms with E-state index in [1.54, 1.807) is 24.8 Å². The van der Waals surface area contributed by atoms with Crippen LogP contribution in [-0.2, 0) is 17.9 Å². The van der Waals surface area contributed by atoms with Gasteiger partial charge in [0.25, 0.3) is 0 Å². The highest BCUT2D eigenvalue weighted by molar-refractivity contribution is 5.83. The van der Waals surface area contributed by atoms with Crippen LogP contribution < -0.4 is 15.5 Å². The summed E-state index contributed by atoms with van der Waals surface area (Å²) in [4.78, 5) is 23.1. The van der Waals surface area contributed by atoms with Crippen LogP contribution in [0.25, 0.3) is 0 Å². The molecule has 1 aromatic carbocycles. The summed E-state index contributed by atoms with van der Waals surface area (Å²) in [6, 6.07) is 15.2. The maximum atomic E-state index is 12.9. The Hall–Kier alpha value is -3.25. The first kappa shape index (κ1) is 19.5. The number of hydrogen-bond donors (Lipinski definition) is 2. The molecule has 3 rings (SSSR count). The maximum Gasteiger partial charge on any atom is 0.242 e. The van der Waals surface area contributed by atoms with Crippen LogP contribution in [0.5, 0.6) is 0 Å². The normalized spacial score (nSPS) is 11.6. The van der Waals surface area contributed by atoms with Crippen molar-refractivity contribution in [2.24, 2.45) is 0 Å². The Morgan fingerprint density at radius 3 is 2.32 bits per heavy atom. The van der Waals surface area contributed by atoms with E-state index in [0.717, 1.165) is 22.4 Å². The van der Waals surface area contributed by atoms with Crippen LogP contribution >= 0.6 is 0 Å². The van der Waals surface area contributed by atoms with Gasteiger partial charge in [-0.3, -0.25) is 20.1 Å². The lowest BCUT2D eigenvalue weighted by Gasteiger charge is -2.20. The molecule has 0 aliphatic rings. The van der Waals surface area contributed by atoms with Crippen LogP contribution in [0, 0.1) is 0 Å². The molecular formula is C22H25N5O. The summed E-state index contributed by atoms with van der Waals surface area (Å²) in [6.45, 7) is 1.01. The van der Waals surface area contributed by atoms with Crippen LogP contribution in [-0.4, -0.2) is 30.0 Å². The van der Waals surface area contributed by atoms with Crippen molar-refractivity contribution < 1.29 is 4.79 Å². The van der Waals surface area contributed by atoms with Crippen LogP contribution in [0.15, 0.2) is 73.3 Å². The number of anilines is 1. The largest absolute Gasteiger partial charge is 0.378 e. The van der Waals surface area contributed by atoms with Crippen LogP contribution in [0.3, 0.4) is 0 Å². The molecule has 2 N–H and O–H groups in total. The first-order chi connectivity index (χ1) is 13.6. The van der Waals surface area contributed by atoms with E-state index >= 15 is 0 Å². The van der Waals surface area contributed by atoms with Crippen molar-refractivity contribution in [1.82, 2.24) is 20.6 Å². The molecule has 1 atom stereocenters. The molecule has 0 saturated carbocycles. The second-order valence-corrected chi connectivity index (χ2v) is 6.73. The Kier molecular flexibility index (Phi) is 6.70. The number of benzene rings is 1. The second-order valence-electron chi connectivity index (χ2n) is 6.73. The molecule has 0 bridgehead atoms. The van der Waals surface area contributed by atoms with E-state index < -0.39 is 6.04 Å². The molecule has 0 saturated heterocycles. The molecule has 3 aromatic rings. The molecule has 0 spiro atoms. The first-order valence-corrected chi connectivity index (χ1v) is 9.19. The third-order valence-corrected chi connectivity index (χ3v) is 4.45. The summed E-state index contributed by atoms with van der Waals surface area (Å²) in [5.74, 6) is -0.0736. The summed E-state index contributed by atoms with van der Waals surface area (Å²) < 4.78 is 0. The first-order valence-electron chi connectivity index (χ1n) is 9.19. The third kappa shape index (κ3) is 5.37. The third-order valence-electron chi connectivity index (χ3n) is 4.45. The fraction of sp³-hybridized carbons (Fsp3) is 0.227. The van der Waals surface area contributed by atoms with E-state index in [9.17, 15) is 4.79 Å². The van der Waals surface area contributed by atoms with Gasteiger partial charge in [-0.05, 0) is 47.0 Å². The number of carbonyl (C=O) groups is 1. The van der Waals surface area contributed by atoms with Gasteiger partial charge < -0.3 is 10.2 Å². The maximum absolute atomic E-state index is 12.9. The minimum Gasteiger partial charge on any atom is -0.378 e. The molecule has 1 unspecified atom stereocenters. The van der Waals surface area contributed by atoms with Gasteiger partial charge in [0.05, 0.1) is 0 Å². The predicted octanol–water partition coefficient (Wildman–Crippen LogP) is 2.69. The van der Waals surface area contributed by atoms with Gasteiger partial charge in [0.1, 0.15) is 6.04 Å². The van der Waals surface area contributed by atoms with Gasteiger partial charge in [-0.25, -0.2) is 0 Å². The Labute approximate surface area is 165 Å². The average Bonchev–Trinajstić information content (AvgIpc) is 2.74. The number of aromatic nitrogens is 2. The molecule has 144 valence electrons. The van der Waals surface area contributed by atoms with Gasteiger partial charge >= 0.3 is 0 Å². The summed E-state index contributed by atoms with van der Waals surface area (Å²) in [7, 11) is 3.99. The van der Waals surface area contributed by atoms with E-state index in [0.29, 0.717) is 13.1 Å². The van der Waals surface area contributed by atoms with Gasteiger partial charge in [-0.15, -0.1) is 0 Å². The Balaban J connectivity index is 1.73. The quantitative estimate of drug-likeness (QED) is 0.633. The molecule has 1 amide bonds. The number of carbonyl (C=O) groups excluding carboxylic acids is 1. The minimum atomic E-state index is -0.457. The Morgan fingerprint density at radius 2 is 1.68 bits per heavy atom. The summed E-state index contributed by atoms with van der Waals surface area (Å²) in [5.41, 5.74) is 4.05. The fourth-order valence-electron chi connectivity index (χ4n) is 2.84. The topological polar surface area (TPSA) is 70.2 Å². The van der Waals surface area contributed by atoms with Crippen molar-refractivity contribution in [3.63, 3.8) is 0 Å². The van der Waals surface area contributed by atoms with Crippen LogP contribution in [0.1, 0.15) is 22.7 Å². The summed E-state index contributed by atoms with van der Waals surface area (Å²) in [6.07, 6.45) is 6.98. The Morgan fingerprint density at radius 1 is 0.929 bits per heavy atom. The van der Waals surface area contributed by atoms with E-state index in [2.05, 4.69) is 20.6 Å². The van der Waals surface area contributed by atoms with Gasteiger partial charge in [0.15, 0.2) is 0 Å². The standard InChI is InChI=1S/C22H25N5O/c1-27(2)20-7-5-19(6-8-20)21(25-15-17-9-12-23-13-10-17)22(28)26-16-18-4-3-11-24-14-18/h3-14,21,25H,15-16H2,1-2H3,(H,26,28). The molecule has 2 heterocycles. The molecule has 0 radical (unpaired) electrons. The smallest absolute Gasteiger partial charge is 0.242 e. The zero-order chi connectivity index (χ0) is 19.8. The molecule has 2 aromatic heterocycles. The fourth-order valence-corrected chi connectivity index (χ4v) is 2.84. The van der Waals surface area contributed by atoms with Gasteiger partial charge in [-0.2, -0.15) is 0 Å². The number of amides is 1. The molecule has 0 aliphatic carbocycles. The van der Waals surface area contributed by atoms with Crippen LogP contribution in [0.2, 0.25) is 0 Å². The van der Waals surface area contributed by atoms with Crippen molar-refractivity contribution in [1.29, 1.82) is 0 Å². The van der Waals surface area contributed by atoms with Crippen molar-refractivity contribution in [3.05, 3.63) is 90.0 Å². The molecule has 6 nitrogen and oxygen atoms in total. The molecule has 0 fully saturated rings. The second kappa shape index (κ2) is 9.62. The highest BCUT2D eigenvalue weighted by Gasteiger charge is 2.20. The van der Waals surface area contributed by atoms with E-state index in [1.165, 1.54) is 0 Å². The van der Waals surface area contributed by atoms with E-state index in [4.69, 9.17) is 0 Å². The zero-order valence-corrected chi connectivity index (χ0v) is 16.2. The number of hydrogen-bond acceptors (Lipinski definition) is 5. The minimum absolute atomic E-state index is 0.0736. The van der Waals surface area contributed by atoms with E-state index in [1.807, 2.05) is 67.5 Å². The average molecular weight is 375 g/mol. The monoisotopic (exact) mass is 375 g/mol. The highest BCUT2D eigenvalue weighted by atomic mass is 16.2. The number of rotatable bonds is 8. The van der Waals surface area contributed by atoms with Gasteiger partial charge in [-0.1, -0.05) is 18.2 Å². The van der Waals surface area contributed by atoms with Crippen LogP contribution in [0.4, 0.5) is 5.69 Å². The van der Waals surface area contributed by atoms with Crippen molar-refractivity contribution in [3.8, 4) is 0 Å². The summed E-state index contributed by atoms with van der Waals surface area (Å²) >= 11 is 0. The number of pyridine rings is 2. The van der Waals surface area contributed by atoms with Crippen molar-refractivity contribution in [2.75, 3.05) is 19.0 Å². The zero-order valence-electron chi connectivity index (χ0n) is 16.2. The highest BCUT2D eigenvalue weighted by Crippen LogP contribution is 2.19. The van der Waals surface area contributed by atoms with Crippen molar-refractivity contribution >= 4 is 11.6 Å². The van der Waals surface area contributed by atoms with E-state index in [-0.39, 0.29) is 5.91 Å². The molecule has 0 aliphatic heterocycles. The lowest BCUT2D eigenvalue weighted by molar-refractivity contribution is -0.123. The number of nitrogens with zero attached hydrogens (tertiary/aromatic N) is 3. The lowest BCUT2D eigenvalue weighted by Crippen LogP contribution is -2.37. The van der Waals surface area contributed by atoms with Crippen molar-refractivity contribution in [2.45, 2.75) is 19.1 Å².